The molecule has 0 aliphatic heterocycles. The molecule has 0 unspecified atom stereocenters. The third kappa shape index (κ3) is 2.09. The molecule has 68 valence electrons. The average molecular weight is 176 g/mol. The van der Waals surface area contributed by atoms with Crippen LogP contribution in [0.3, 0.4) is 0 Å². The third-order valence-corrected chi connectivity index (χ3v) is 2.37. The van der Waals surface area contributed by atoms with E-state index < -0.39 is 23.9 Å². The van der Waals surface area contributed by atoms with Crippen LogP contribution in [0.15, 0.2) is 0 Å². The van der Waals surface area contributed by atoms with Crippen LogP contribution in [-0.2, 0) is 9.59 Å². The number of hydrogen-bond donors (Lipinski definition) is 0. The second-order valence-corrected chi connectivity index (χ2v) is 3.16. The van der Waals surface area contributed by atoms with Gasteiger partial charge >= 0.3 is 12.1 Å². The minimum Gasteiger partial charge on any atom is -0.261 e. The molecule has 2 nitrogen and oxygen atoms in total. The number of carbonyl (C=O) groups is 2. The van der Waals surface area contributed by atoms with Crippen LogP contribution in [0.5, 0.6) is 0 Å². The normalized spacial score (nSPS) is 29.8. The molecule has 1 aliphatic carbocycles. The summed E-state index contributed by atoms with van der Waals surface area (Å²) in [6.07, 6.45) is 1.20. The van der Waals surface area contributed by atoms with Gasteiger partial charge in [0.25, 0.3) is 0 Å². The lowest BCUT2D eigenvalue weighted by atomic mass is 9.83. The van der Waals surface area contributed by atoms with Crippen molar-refractivity contribution in [1.29, 1.82) is 0 Å². The van der Waals surface area contributed by atoms with E-state index in [1.165, 1.54) is 0 Å². The van der Waals surface area contributed by atoms with E-state index in [0.29, 0.717) is 25.7 Å². The summed E-state index contributed by atoms with van der Waals surface area (Å²) in [7, 11) is 0. The van der Waals surface area contributed by atoms with E-state index in [1.807, 2.05) is 0 Å². The average Bonchev–Trinajstić information content (AvgIpc) is 2.04. The lowest BCUT2D eigenvalue weighted by molar-refractivity contribution is -0.139. The molecular formula is C8H10F2O2. The standard InChI is InChI=1S/C8H10F2O2/c9-7(11)5-1-2-6(4-3-5)8(10)12/h5-6H,1-4H2. The first-order valence-electron chi connectivity index (χ1n) is 4.00. The van der Waals surface area contributed by atoms with Crippen LogP contribution in [-0.4, -0.2) is 12.1 Å². The minimum atomic E-state index is -1.33. The SMILES string of the molecule is O=C(F)C1CCC(C(=O)F)CC1. The Morgan fingerprint density at radius 2 is 1.08 bits per heavy atom. The summed E-state index contributed by atoms with van der Waals surface area (Å²) in [6, 6.07) is -2.67. The topological polar surface area (TPSA) is 34.1 Å². The van der Waals surface area contributed by atoms with Gasteiger partial charge < -0.3 is 0 Å². The Hall–Kier alpha value is -0.800. The first-order chi connectivity index (χ1) is 5.61. The van der Waals surface area contributed by atoms with Gasteiger partial charge in [0, 0.05) is 11.8 Å². The van der Waals surface area contributed by atoms with Crippen molar-refractivity contribution in [3.63, 3.8) is 0 Å². The molecular weight excluding hydrogens is 166 g/mol. The predicted molar refractivity (Wildman–Crippen MR) is 37.7 cm³/mol. The largest absolute Gasteiger partial charge is 0.304 e. The second kappa shape index (κ2) is 3.74. The Bertz CT molecular complexity index is 173. The van der Waals surface area contributed by atoms with Crippen LogP contribution >= 0.6 is 0 Å². The van der Waals surface area contributed by atoms with Crippen LogP contribution < -0.4 is 0 Å². The summed E-state index contributed by atoms with van der Waals surface area (Å²) >= 11 is 0. The number of rotatable bonds is 2. The summed E-state index contributed by atoms with van der Waals surface area (Å²) < 4.78 is 24.2. The molecule has 1 rings (SSSR count). The molecule has 0 saturated heterocycles. The summed E-state index contributed by atoms with van der Waals surface area (Å²) in [6.45, 7) is 0. The third-order valence-electron chi connectivity index (χ3n) is 2.37. The fourth-order valence-electron chi connectivity index (χ4n) is 1.55. The Kier molecular flexibility index (Phi) is 2.89. The van der Waals surface area contributed by atoms with Crippen LogP contribution in [0.25, 0.3) is 0 Å². The monoisotopic (exact) mass is 176 g/mol. The molecule has 4 heteroatoms. The molecule has 0 radical (unpaired) electrons. The smallest absolute Gasteiger partial charge is 0.261 e. The van der Waals surface area contributed by atoms with Crippen LogP contribution in [0.4, 0.5) is 8.78 Å². The van der Waals surface area contributed by atoms with Gasteiger partial charge in [-0.05, 0) is 25.7 Å². The van der Waals surface area contributed by atoms with E-state index in [9.17, 15) is 18.4 Å². The Morgan fingerprint density at radius 1 is 0.833 bits per heavy atom. The van der Waals surface area contributed by atoms with Gasteiger partial charge in [-0.25, -0.2) is 0 Å². The predicted octanol–water partition coefficient (Wildman–Crippen LogP) is 1.79. The highest BCUT2D eigenvalue weighted by molar-refractivity contribution is 5.73. The number of hydrogen-bond acceptors (Lipinski definition) is 2. The lowest BCUT2D eigenvalue weighted by Crippen LogP contribution is -2.22. The molecule has 0 bridgehead atoms. The Balaban J connectivity index is 2.39. The van der Waals surface area contributed by atoms with Crippen molar-refractivity contribution in [3.05, 3.63) is 0 Å². The lowest BCUT2D eigenvalue weighted by Gasteiger charge is -2.21. The minimum absolute atomic E-state index is 0.301. The highest BCUT2D eigenvalue weighted by Gasteiger charge is 2.29. The van der Waals surface area contributed by atoms with Gasteiger partial charge in [-0.2, -0.15) is 8.78 Å². The van der Waals surface area contributed by atoms with Crippen molar-refractivity contribution in [1.82, 2.24) is 0 Å². The molecule has 1 fully saturated rings. The van der Waals surface area contributed by atoms with Gasteiger partial charge in [-0.15, -0.1) is 0 Å². The quantitative estimate of drug-likeness (QED) is 0.601. The van der Waals surface area contributed by atoms with E-state index in [4.69, 9.17) is 0 Å². The zero-order valence-corrected chi connectivity index (χ0v) is 6.56. The van der Waals surface area contributed by atoms with Crippen molar-refractivity contribution in [2.75, 3.05) is 0 Å². The molecule has 0 aromatic carbocycles. The van der Waals surface area contributed by atoms with Crippen molar-refractivity contribution < 1.29 is 18.4 Å². The maximum Gasteiger partial charge on any atom is 0.304 e. The summed E-state index contributed by atoms with van der Waals surface area (Å²) in [5, 5.41) is 0. The van der Waals surface area contributed by atoms with E-state index in [-0.39, 0.29) is 0 Å². The molecule has 0 aromatic rings. The highest BCUT2D eigenvalue weighted by atomic mass is 19.1. The molecule has 0 atom stereocenters. The van der Waals surface area contributed by atoms with Gasteiger partial charge in [0.05, 0.1) is 0 Å². The van der Waals surface area contributed by atoms with Gasteiger partial charge in [0.2, 0.25) is 0 Å². The maximum absolute atomic E-state index is 12.1. The number of halogens is 2. The second-order valence-electron chi connectivity index (χ2n) is 3.16. The zero-order chi connectivity index (χ0) is 9.14. The van der Waals surface area contributed by atoms with E-state index in [0.717, 1.165) is 0 Å². The molecule has 0 amide bonds. The zero-order valence-electron chi connectivity index (χ0n) is 6.56. The van der Waals surface area contributed by atoms with Gasteiger partial charge in [0.1, 0.15) is 0 Å². The van der Waals surface area contributed by atoms with Gasteiger partial charge in [-0.1, -0.05) is 0 Å². The molecule has 12 heavy (non-hydrogen) atoms. The van der Waals surface area contributed by atoms with Crippen LogP contribution in [0.2, 0.25) is 0 Å². The highest BCUT2D eigenvalue weighted by Crippen LogP contribution is 2.30. The summed E-state index contributed by atoms with van der Waals surface area (Å²) in [4.78, 5) is 20.5. The molecule has 0 heterocycles. The van der Waals surface area contributed by atoms with Gasteiger partial charge in [0.15, 0.2) is 0 Å². The van der Waals surface area contributed by atoms with Crippen molar-refractivity contribution in [2.24, 2.45) is 11.8 Å². The molecule has 0 spiro atoms. The maximum atomic E-state index is 12.1. The molecule has 1 saturated carbocycles. The molecule has 0 aromatic heterocycles. The Morgan fingerprint density at radius 3 is 1.25 bits per heavy atom. The Labute approximate surface area is 68.9 Å². The number of carbonyl (C=O) groups excluding carboxylic acids is 2. The molecule has 0 N–H and O–H groups in total. The van der Waals surface area contributed by atoms with Crippen molar-refractivity contribution >= 4 is 12.1 Å². The van der Waals surface area contributed by atoms with Crippen LogP contribution in [0.1, 0.15) is 25.7 Å². The summed E-state index contributed by atoms with van der Waals surface area (Å²) in [5.74, 6) is -1.19. The fourth-order valence-corrected chi connectivity index (χ4v) is 1.55. The van der Waals surface area contributed by atoms with Crippen LogP contribution in [0, 0.1) is 11.8 Å². The van der Waals surface area contributed by atoms with Crippen molar-refractivity contribution in [2.45, 2.75) is 25.7 Å². The molecule has 1 aliphatic rings. The summed E-state index contributed by atoms with van der Waals surface area (Å²) in [5.41, 5.74) is 0. The van der Waals surface area contributed by atoms with Crippen molar-refractivity contribution in [3.8, 4) is 0 Å². The van der Waals surface area contributed by atoms with E-state index in [1.54, 1.807) is 0 Å². The van der Waals surface area contributed by atoms with E-state index in [2.05, 4.69) is 0 Å². The first-order valence-corrected chi connectivity index (χ1v) is 4.00. The first kappa shape index (κ1) is 9.29. The fraction of sp³-hybridized carbons (Fsp3) is 0.750. The van der Waals surface area contributed by atoms with Gasteiger partial charge in [-0.3, -0.25) is 9.59 Å². The van der Waals surface area contributed by atoms with E-state index >= 15 is 0 Å².